The lowest BCUT2D eigenvalue weighted by Crippen LogP contribution is -2.36. The summed E-state index contributed by atoms with van der Waals surface area (Å²) in [6.45, 7) is 0. The van der Waals surface area contributed by atoms with Crippen LogP contribution in [0.1, 0.15) is 25.7 Å². The normalized spacial score (nSPS) is 21.5. The fourth-order valence-electron chi connectivity index (χ4n) is 2.67. The van der Waals surface area contributed by atoms with Crippen molar-refractivity contribution in [3.05, 3.63) is 34.4 Å². The lowest BCUT2D eigenvalue weighted by molar-refractivity contribution is -0.384. The Hall–Kier alpha value is -2.44. The number of carbonyl (C=O) groups is 2. The molecule has 0 unspecified atom stereocenters. The van der Waals surface area contributed by atoms with E-state index in [1.54, 1.807) is 6.07 Å². The van der Waals surface area contributed by atoms with Crippen LogP contribution in [0.2, 0.25) is 0 Å². The van der Waals surface area contributed by atoms with Crippen LogP contribution in [0.15, 0.2) is 24.3 Å². The van der Waals surface area contributed by atoms with E-state index in [0.29, 0.717) is 18.5 Å². The zero-order valence-corrected chi connectivity index (χ0v) is 11.3. The van der Waals surface area contributed by atoms with E-state index in [9.17, 15) is 24.8 Å². The van der Waals surface area contributed by atoms with E-state index >= 15 is 0 Å². The predicted octanol–water partition coefficient (Wildman–Crippen LogP) is 2.42. The molecule has 112 valence electrons. The lowest BCUT2D eigenvalue weighted by atomic mass is 9.78. The molecule has 2 rings (SSSR count). The summed E-state index contributed by atoms with van der Waals surface area (Å²) >= 11 is 0. The fraction of sp³-hybridized carbons (Fsp3) is 0.429. The highest BCUT2D eigenvalue weighted by atomic mass is 16.6. The van der Waals surface area contributed by atoms with Crippen LogP contribution >= 0.6 is 0 Å². The summed E-state index contributed by atoms with van der Waals surface area (Å²) in [6.07, 6.45) is 2.63. The van der Waals surface area contributed by atoms with Crippen molar-refractivity contribution in [2.75, 3.05) is 5.32 Å². The van der Waals surface area contributed by atoms with Crippen LogP contribution in [0.5, 0.6) is 0 Å². The Balaban J connectivity index is 2.11. The number of hydrogen-bond donors (Lipinski definition) is 2. The van der Waals surface area contributed by atoms with Crippen molar-refractivity contribution in [1.29, 1.82) is 0 Å². The molecule has 1 aliphatic carbocycles. The molecule has 0 spiro atoms. The summed E-state index contributed by atoms with van der Waals surface area (Å²) in [5.74, 6) is -2.62. The van der Waals surface area contributed by atoms with Crippen LogP contribution in [0.25, 0.3) is 0 Å². The predicted molar refractivity (Wildman–Crippen MR) is 74.8 cm³/mol. The van der Waals surface area contributed by atoms with Crippen molar-refractivity contribution >= 4 is 23.3 Å². The van der Waals surface area contributed by atoms with E-state index in [1.807, 2.05) is 0 Å². The summed E-state index contributed by atoms with van der Waals surface area (Å²) in [5.41, 5.74) is 0.190. The molecule has 1 aliphatic rings. The molecule has 1 aromatic carbocycles. The smallest absolute Gasteiger partial charge is 0.307 e. The number of nitro groups is 1. The zero-order chi connectivity index (χ0) is 15.4. The van der Waals surface area contributed by atoms with Gasteiger partial charge in [-0.25, -0.2) is 0 Å². The average molecular weight is 292 g/mol. The van der Waals surface area contributed by atoms with Gasteiger partial charge in [-0.1, -0.05) is 18.9 Å². The molecule has 2 atom stereocenters. The maximum absolute atomic E-state index is 12.2. The third-order valence-corrected chi connectivity index (χ3v) is 3.74. The molecule has 21 heavy (non-hydrogen) atoms. The van der Waals surface area contributed by atoms with E-state index in [0.717, 1.165) is 12.8 Å². The van der Waals surface area contributed by atoms with Gasteiger partial charge in [0, 0.05) is 17.8 Å². The number of benzene rings is 1. The zero-order valence-electron chi connectivity index (χ0n) is 11.3. The SMILES string of the molecule is O=C(Nc1cccc([N+](=O)[O-])c1)[C@H]1CCCC[C@H]1C(=O)O. The molecule has 0 saturated heterocycles. The minimum Gasteiger partial charge on any atom is -0.481 e. The van der Waals surface area contributed by atoms with E-state index in [1.165, 1.54) is 18.2 Å². The Bertz CT molecular complexity index is 572. The topological polar surface area (TPSA) is 110 Å². The number of non-ortho nitro benzene ring substituents is 1. The first kappa shape index (κ1) is 15.0. The maximum atomic E-state index is 12.2. The number of nitro benzene ring substituents is 1. The molecule has 1 saturated carbocycles. The summed E-state index contributed by atoms with van der Waals surface area (Å²) in [4.78, 5) is 33.6. The second-order valence-electron chi connectivity index (χ2n) is 5.13. The number of anilines is 1. The Morgan fingerprint density at radius 1 is 1.24 bits per heavy atom. The number of aliphatic carboxylic acids is 1. The van der Waals surface area contributed by atoms with Crippen LogP contribution < -0.4 is 5.32 Å². The number of nitrogens with zero attached hydrogens (tertiary/aromatic N) is 1. The number of rotatable bonds is 4. The summed E-state index contributed by atoms with van der Waals surface area (Å²) in [5, 5.41) is 22.5. The minimum atomic E-state index is -0.964. The van der Waals surface area contributed by atoms with E-state index in [-0.39, 0.29) is 11.6 Å². The van der Waals surface area contributed by atoms with E-state index in [2.05, 4.69) is 5.32 Å². The number of amides is 1. The first-order valence-corrected chi connectivity index (χ1v) is 6.77. The molecule has 1 amide bonds. The highest BCUT2D eigenvalue weighted by Gasteiger charge is 2.35. The molecule has 1 fully saturated rings. The quantitative estimate of drug-likeness (QED) is 0.654. The second-order valence-corrected chi connectivity index (χ2v) is 5.13. The largest absolute Gasteiger partial charge is 0.481 e. The minimum absolute atomic E-state index is 0.119. The molecule has 0 heterocycles. The van der Waals surface area contributed by atoms with Crippen molar-refractivity contribution in [2.24, 2.45) is 11.8 Å². The van der Waals surface area contributed by atoms with Crippen LogP contribution in [0, 0.1) is 22.0 Å². The summed E-state index contributed by atoms with van der Waals surface area (Å²) in [6, 6.07) is 5.61. The molecule has 7 nitrogen and oxygen atoms in total. The molecular formula is C14H16N2O5. The van der Waals surface area contributed by atoms with Gasteiger partial charge in [-0.2, -0.15) is 0 Å². The Morgan fingerprint density at radius 2 is 1.90 bits per heavy atom. The number of carboxylic acid groups (broad SMARTS) is 1. The van der Waals surface area contributed by atoms with Crippen molar-refractivity contribution in [3.63, 3.8) is 0 Å². The number of hydrogen-bond acceptors (Lipinski definition) is 4. The molecule has 0 radical (unpaired) electrons. The standard InChI is InChI=1S/C14H16N2O5/c17-13(11-6-1-2-7-12(11)14(18)19)15-9-4-3-5-10(8-9)16(20)21/h3-5,8,11-12H,1-2,6-7H2,(H,15,17)(H,18,19)/t11-,12+/m0/s1. The first-order chi connectivity index (χ1) is 9.99. The van der Waals surface area contributed by atoms with Crippen molar-refractivity contribution in [3.8, 4) is 0 Å². The van der Waals surface area contributed by atoms with Gasteiger partial charge in [0.2, 0.25) is 5.91 Å². The van der Waals surface area contributed by atoms with E-state index < -0.39 is 22.7 Å². The fourth-order valence-corrected chi connectivity index (χ4v) is 2.67. The summed E-state index contributed by atoms with van der Waals surface area (Å²) < 4.78 is 0. The third kappa shape index (κ3) is 3.56. The van der Waals surface area contributed by atoms with Crippen LogP contribution in [0.4, 0.5) is 11.4 Å². The highest BCUT2D eigenvalue weighted by Crippen LogP contribution is 2.31. The van der Waals surface area contributed by atoms with Crippen LogP contribution in [-0.4, -0.2) is 21.9 Å². The van der Waals surface area contributed by atoms with Crippen LogP contribution in [0.3, 0.4) is 0 Å². The van der Waals surface area contributed by atoms with Crippen molar-refractivity contribution in [1.82, 2.24) is 0 Å². The van der Waals surface area contributed by atoms with Gasteiger partial charge in [-0.15, -0.1) is 0 Å². The lowest BCUT2D eigenvalue weighted by Gasteiger charge is -2.27. The highest BCUT2D eigenvalue weighted by molar-refractivity contribution is 5.95. The molecule has 0 aliphatic heterocycles. The number of nitrogens with one attached hydrogen (secondary N) is 1. The van der Waals surface area contributed by atoms with Gasteiger partial charge < -0.3 is 10.4 Å². The molecule has 0 bridgehead atoms. The maximum Gasteiger partial charge on any atom is 0.307 e. The monoisotopic (exact) mass is 292 g/mol. The van der Waals surface area contributed by atoms with E-state index in [4.69, 9.17) is 0 Å². The van der Waals surface area contributed by atoms with Crippen molar-refractivity contribution in [2.45, 2.75) is 25.7 Å². The molecule has 7 heteroatoms. The van der Waals surface area contributed by atoms with Gasteiger partial charge in [0.15, 0.2) is 0 Å². The number of carbonyl (C=O) groups excluding carboxylic acids is 1. The first-order valence-electron chi connectivity index (χ1n) is 6.77. The Morgan fingerprint density at radius 3 is 2.52 bits per heavy atom. The summed E-state index contributed by atoms with van der Waals surface area (Å²) in [7, 11) is 0. The molecule has 2 N–H and O–H groups in total. The van der Waals surface area contributed by atoms with Gasteiger partial charge >= 0.3 is 5.97 Å². The van der Waals surface area contributed by atoms with Gasteiger partial charge in [0.05, 0.1) is 16.8 Å². The van der Waals surface area contributed by atoms with Gasteiger partial charge in [-0.3, -0.25) is 19.7 Å². The Labute approximate surface area is 121 Å². The van der Waals surface area contributed by atoms with Crippen LogP contribution in [-0.2, 0) is 9.59 Å². The number of carboxylic acids is 1. The van der Waals surface area contributed by atoms with Crippen molar-refractivity contribution < 1.29 is 19.6 Å². The second kappa shape index (κ2) is 6.34. The third-order valence-electron chi connectivity index (χ3n) is 3.74. The molecule has 1 aromatic rings. The van der Waals surface area contributed by atoms with Gasteiger partial charge in [0.1, 0.15) is 0 Å². The van der Waals surface area contributed by atoms with Gasteiger partial charge in [-0.05, 0) is 18.9 Å². The Kier molecular flexibility index (Phi) is 4.52. The van der Waals surface area contributed by atoms with Gasteiger partial charge in [0.25, 0.3) is 5.69 Å². The molecule has 0 aromatic heterocycles. The average Bonchev–Trinajstić information content (AvgIpc) is 2.47. The molecular weight excluding hydrogens is 276 g/mol.